The smallest absolute Gasteiger partial charge is 0.0685 e. The van der Waals surface area contributed by atoms with Gasteiger partial charge in [-0.25, -0.2) is 0 Å². The Hall–Kier alpha value is -1.16. The zero-order valence-electron chi connectivity index (χ0n) is 11.1. The molecule has 0 radical (unpaired) electrons. The van der Waals surface area contributed by atoms with Crippen molar-refractivity contribution in [1.82, 2.24) is 5.32 Å². The summed E-state index contributed by atoms with van der Waals surface area (Å²) in [6.07, 6.45) is 1.10. The molecule has 1 aromatic carbocycles. The monoisotopic (exact) mass is 287 g/mol. The molecule has 3 aromatic rings. The van der Waals surface area contributed by atoms with E-state index in [9.17, 15) is 0 Å². The van der Waals surface area contributed by atoms with Gasteiger partial charge in [0.1, 0.15) is 0 Å². The molecule has 3 heteroatoms. The number of thiophene rings is 2. The third kappa shape index (κ3) is 2.22. The number of hydrogen-bond acceptors (Lipinski definition) is 3. The van der Waals surface area contributed by atoms with Crippen LogP contribution in [0.4, 0.5) is 0 Å². The second kappa shape index (κ2) is 5.45. The lowest BCUT2D eigenvalue weighted by Gasteiger charge is -2.16. The van der Waals surface area contributed by atoms with Gasteiger partial charge in [-0.3, -0.25) is 0 Å². The molecule has 0 fully saturated rings. The Morgan fingerprint density at radius 3 is 2.79 bits per heavy atom. The van der Waals surface area contributed by atoms with E-state index in [2.05, 4.69) is 60.4 Å². The molecule has 0 aliphatic heterocycles. The lowest BCUT2D eigenvalue weighted by Crippen LogP contribution is -2.17. The van der Waals surface area contributed by atoms with Gasteiger partial charge in [0.2, 0.25) is 0 Å². The first-order valence-corrected chi connectivity index (χ1v) is 8.30. The van der Waals surface area contributed by atoms with Crippen molar-refractivity contribution in [3.63, 3.8) is 0 Å². The van der Waals surface area contributed by atoms with E-state index >= 15 is 0 Å². The van der Waals surface area contributed by atoms with Gasteiger partial charge >= 0.3 is 0 Å². The average Bonchev–Trinajstić information content (AvgIpc) is 3.07. The van der Waals surface area contributed by atoms with Crippen molar-refractivity contribution in [3.05, 3.63) is 57.1 Å². The molecular weight excluding hydrogens is 270 g/mol. The minimum atomic E-state index is 0.311. The summed E-state index contributed by atoms with van der Waals surface area (Å²) in [6, 6.07) is 11.2. The Bertz CT molecular complexity index is 681. The molecule has 3 rings (SSSR count). The van der Waals surface area contributed by atoms with Gasteiger partial charge in [-0.15, -0.1) is 22.7 Å². The topological polar surface area (TPSA) is 12.0 Å². The van der Waals surface area contributed by atoms with Gasteiger partial charge in [-0.05, 0) is 52.9 Å². The van der Waals surface area contributed by atoms with Crippen LogP contribution in [0.3, 0.4) is 0 Å². The zero-order chi connectivity index (χ0) is 13.2. The average molecular weight is 287 g/mol. The van der Waals surface area contributed by atoms with Crippen molar-refractivity contribution >= 4 is 32.8 Å². The van der Waals surface area contributed by atoms with Crippen LogP contribution < -0.4 is 5.32 Å². The van der Waals surface area contributed by atoms with Gasteiger partial charge in [-0.1, -0.05) is 25.1 Å². The van der Waals surface area contributed by atoms with E-state index in [0.29, 0.717) is 6.04 Å². The molecule has 1 N–H and O–H groups in total. The molecule has 0 aliphatic carbocycles. The highest BCUT2D eigenvalue weighted by Gasteiger charge is 2.19. The van der Waals surface area contributed by atoms with Crippen molar-refractivity contribution in [3.8, 4) is 0 Å². The second-order valence-corrected chi connectivity index (χ2v) is 6.43. The largest absolute Gasteiger partial charge is 0.309 e. The lowest BCUT2D eigenvalue weighted by molar-refractivity contribution is 0.704. The molecule has 0 amide bonds. The predicted molar refractivity (Wildman–Crippen MR) is 86.4 cm³/mol. The molecule has 2 aromatic heterocycles. The molecule has 0 saturated carbocycles. The highest BCUT2D eigenvalue weighted by molar-refractivity contribution is 7.17. The van der Waals surface area contributed by atoms with E-state index in [1.54, 1.807) is 0 Å². The van der Waals surface area contributed by atoms with E-state index in [4.69, 9.17) is 0 Å². The van der Waals surface area contributed by atoms with Crippen LogP contribution in [0.5, 0.6) is 0 Å². The Morgan fingerprint density at radius 2 is 2.00 bits per heavy atom. The Balaban J connectivity index is 2.12. The molecule has 0 bridgehead atoms. The van der Waals surface area contributed by atoms with Crippen LogP contribution in [0.2, 0.25) is 0 Å². The van der Waals surface area contributed by atoms with Gasteiger partial charge in [-0.2, -0.15) is 0 Å². The first kappa shape index (κ1) is 12.9. The van der Waals surface area contributed by atoms with Crippen molar-refractivity contribution < 1.29 is 0 Å². The molecule has 98 valence electrons. The van der Waals surface area contributed by atoms with Crippen LogP contribution >= 0.6 is 22.7 Å². The van der Waals surface area contributed by atoms with Crippen molar-refractivity contribution in [2.75, 3.05) is 7.05 Å². The molecule has 0 saturated heterocycles. The fourth-order valence-electron chi connectivity index (χ4n) is 2.54. The van der Waals surface area contributed by atoms with E-state index in [-0.39, 0.29) is 0 Å². The molecule has 19 heavy (non-hydrogen) atoms. The van der Waals surface area contributed by atoms with Gasteiger partial charge in [0.05, 0.1) is 6.04 Å². The first-order chi connectivity index (χ1) is 9.35. The van der Waals surface area contributed by atoms with Crippen LogP contribution in [0.15, 0.2) is 41.1 Å². The van der Waals surface area contributed by atoms with E-state index in [1.165, 1.54) is 26.1 Å². The minimum absolute atomic E-state index is 0.311. The number of fused-ring (bicyclic) bond motifs is 1. The molecule has 0 spiro atoms. The van der Waals surface area contributed by atoms with Crippen LogP contribution in [0.25, 0.3) is 10.1 Å². The highest BCUT2D eigenvalue weighted by Crippen LogP contribution is 2.36. The van der Waals surface area contributed by atoms with Crippen LogP contribution in [0.1, 0.15) is 29.0 Å². The predicted octanol–water partition coefficient (Wildman–Crippen LogP) is 4.83. The van der Waals surface area contributed by atoms with Gasteiger partial charge < -0.3 is 5.32 Å². The maximum Gasteiger partial charge on any atom is 0.0685 e. The van der Waals surface area contributed by atoms with E-state index < -0.39 is 0 Å². The molecule has 1 atom stereocenters. The number of aryl methyl sites for hydroxylation is 1. The summed E-state index contributed by atoms with van der Waals surface area (Å²) < 4.78 is 1.37. The molecule has 1 unspecified atom stereocenters. The Kier molecular flexibility index (Phi) is 3.69. The summed E-state index contributed by atoms with van der Waals surface area (Å²) >= 11 is 3.69. The molecule has 2 heterocycles. The molecule has 1 nitrogen and oxygen atoms in total. The fourth-order valence-corrected chi connectivity index (χ4v) is 4.65. The third-order valence-corrected chi connectivity index (χ3v) is 5.54. The normalized spacial score (nSPS) is 12.9. The minimum Gasteiger partial charge on any atom is -0.309 e. The third-order valence-electron chi connectivity index (χ3n) is 3.53. The maximum atomic E-state index is 3.49. The van der Waals surface area contributed by atoms with Gasteiger partial charge in [0.25, 0.3) is 0 Å². The van der Waals surface area contributed by atoms with Crippen LogP contribution in [-0.4, -0.2) is 7.05 Å². The SMILES string of the molecule is CCc1ccsc1C(NC)c1csc2ccccc12. The molecule has 0 aliphatic rings. The van der Waals surface area contributed by atoms with E-state index in [0.717, 1.165) is 6.42 Å². The lowest BCUT2D eigenvalue weighted by atomic mass is 10.0. The fraction of sp³-hybridized carbons (Fsp3) is 0.250. The zero-order valence-corrected chi connectivity index (χ0v) is 12.8. The van der Waals surface area contributed by atoms with Crippen LogP contribution in [-0.2, 0) is 6.42 Å². The number of hydrogen-bond donors (Lipinski definition) is 1. The van der Waals surface area contributed by atoms with Gasteiger partial charge in [0, 0.05) is 9.58 Å². The Labute approximate surface area is 121 Å². The first-order valence-electron chi connectivity index (χ1n) is 6.54. The highest BCUT2D eigenvalue weighted by atomic mass is 32.1. The summed E-state index contributed by atoms with van der Waals surface area (Å²) in [5.74, 6) is 0. The van der Waals surface area contributed by atoms with Crippen molar-refractivity contribution in [1.29, 1.82) is 0 Å². The quantitative estimate of drug-likeness (QED) is 0.724. The standard InChI is InChI=1S/C16H17NS2/c1-3-11-8-9-18-16(11)15(17-2)13-10-19-14-7-5-4-6-12(13)14/h4-10,15,17H,3H2,1-2H3. The second-order valence-electron chi connectivity index (χ2n) is 4.57. The number of rotatable bonds is 4. The summed E-state index contributed by atoms with van der Waals surface area (Å²) in [4.78, 5) is 1.45. The summed E-state index contributed by atoms with van der Waals surface area (Å²) in [5.41, 5.74) is 2.86. The summed E-state index contributed by atoms with van der Waals surface area (Å²) in [5, 5.41) is 9.37. The van der Waals surface area contributed by atoms with Crippen molar-refractivity contribution in [2.24, 2.45) is 0 Å². The Morgan fingerprint density at radius 1 is 1.16 bits per heavy atom. The molecular formula is C16H17NS2. The van der Waals surface area contributed by atoms with Crippen molar-refractivity contribution in [2.45, 2.75) is 19.4 Å². The number of benzene rings is 1. The van der Waals surface area contributed by atoms with Gasteiger partial charge in [0.15, 0.2) is 0 Å². The summed E-state index contributed by atoms with van der Waals surface area (Å²) in [6.45, 7) is 2.23. The summed E-state index contributed by atoms with van der Waals surface area (Å²) in [7, 11) is 2.05. The van der Waals surface area contributed by atoms with E-state index in [1.807, 2.05) is 22.7 Å². The number of nitrogens with one attached hydrogen (secondary N) is 1. The van der Waals surface area contributed by atoms with Crippen LogP contribution in [0, 0.1) is 0 Å². The maximum absolute atomic E-state index is 3.49.